The Morgan fingerprint density at radius 3 is 2.26 bits per heavy atom. The highest BCUT2D eigenvalue weighted by atomic mass is 16.5. The summed E-state index contributed by atoms with van der Waals surface area (Å²) in [5.74, 6) is -2.32. The van der Waals surface area contributed by atoms with Crippen molar-refractivity contribution in [3.63, 3.8) is 0 Å². The molecule has 0 spiro atoms. The zero-order valence-corrected chi connectivity index (χ0v) is 17.2. The van der Waals surface area contributed by atoms with E-state index in [9.17, 15) is 19.2 Å². The zero-order chi connectivity index (χ0) is 22.3. The molecule has 1 N–H and O–H groups in total. The summed E-state index contributed by atoms with van der Waals surface area (Å²) in [6, 6.07) is 11.9. The molecule has 1 atom stereocenters. The molecular formula is C23H20N2O6. The molecule has 4 amide bonds. The standard InChI is InChI=1S/C23H20N2O6/c1-4-23(13-8-6-5-7-9-13)12-15(19(26)24-22(23)29)25-20(27)14-10-11-16(30-2)18(31-3)17(14)21(25)28/h5-12H,4H2,1-3H3,(H,24,26,29). The molecule has 0 radical (unpaired) electrons. The van der Waals surface area contributed by atoms with Crippen LogP contribution >= 0.6 is 0 Å². The summed E-state index contributed by atoms with van der Waals surface area (Å²) in [7, 11) is 2.78. The summed E-state index contributed by atoms with van der Waals surface area (Å²) < 4.78 is 10.5. The van der Waals surface area contributed by atoms with Gasteiger partial charge in [-0.1, -0.05) is 37.3 Å². The van der Waals surface area contributed by atoms with Gasteiger partial charge in [-0.3, -0.25) is 24.5 Å². The summed E-state index contributed by atoms with van der Waals surface area (Å²) in [4.78, 5) is 52.8. The Balaban J connectivity index is 1.89. The Hall–Kier alpha value is -3.94. The van der Waals surface area contributed by atoms with Gasteiger partial charge in [0.25, 0.3) is 17.7 Å². The summed E-state index contributed by atoms with van der Waals surface area (Å²) >= 11 is 0. The van der Waals surface area contributed by atoms with Gasteiger partial charge in [-0.15, -0.1) is 0 Å². The third-order valence-corrected chi connectivity index (χ3v) is 5.73. The van der Waals surface area contributed by atoms with E-state index >= 15 is 0 Å². The first-order valence-corrected chi connectivity index (χ1v) is 9.67. The summed E-state index contributed by atoms with van der Waals surface area (Å²) in [6.07, 6.45) is 1.73. The topological polar surface area (TPSA) is 102 Å². The lowest BCUT2D eigenvalue weighted by Gasteiger charge is -2.34. The number of carbonyl (C=O) groups excluding carboxylic acids is 4. The molecule has 2 aliphatic heterocycles. The van der Waals surface area contributed by atoms with Crippen molar-refractivity contribution in [2.75, 3.05) is 14.2 Å². The highest BCUT2D eigenvalue weighted by Gasteiger charge is 2.49. The van der Waals surface area contributed by atoms with E-state index in [1.807, 2.05) is 6.07 Å². The van der Waals surface area contributed by atoms with E-state index in [2.05, 4.69) is 5.32 Å². The van der Waals surface area contributed by atoms with Crippen LogP contribution in [0.25, 0.3) is 0 Å². The lowest BCUT2D eigenvalue weighted by molar-refractivity contribution is -0.133. The Morgan fingerprint density at radius 1 is 0.935 bits per heavy atom. The Bertz CT molecular complexity index is 1150. The number of hydrogen-bond donors (Lipinski definition) is 1. The molecule has 0 fully saturated rings. The number of carbonyl (C=O) groups is 4. The van der Waals surface area contributed by atoms with Crippen LogP contribution in [0.15, 0.2) is 54.2 Å². The summed E-state index contributed by atoms with van der Waals surface area (Å²) in [5, 5.41) is 2.32. The molecule has 8 heteroatoms. The summed E-state index contributed by atoms with van der Waals surface area (Å²) in [6.45, 7) is 1.80. The molecule has 2 aromatic carbocycles. The predicted molar refractivity (Wildman–Crippen MR) is 110 cm³/mol. The lowest BCUT2D eigenvalue weighted by Crippen LogP contribution is -2.53. The number of fused-ring (bicyclic) bond motifs is 1. The smallest absolute Gasteiger partial charge is 0.274 e. The highest BCUT2D eigenvalue weighted by molar-refractivity contribution is 6.27. The molecule has 31 heavy (non-hydrogen) atoms. The van der Waals surface area contributed by atoms with Crippen molar-refractivity contribution in [1.82, 2.24) is 10.2 Å². The maximum Gasteiger partial charge on any atom is 0.274 e. The fraction of sp³-hybridized carbons (Fsp3) is 0.217. The van der Waals surface area contributed by atoms with Gasteiger partial charge >= 0.3 is 0 Å². The maximum atomic E-state index is 13.3. The average Bonchev–Trinajstić information content (AvgIpc) is 3.04. The van der Waals surface area contributed by atoms with Gasteiger partial charge in [0.05, 0.1) is 30.8 Å². The van der Waals surface area contributed by atoms with Crippen LogP contribution in [0, 0.1) is 0 Å². The second-order valence-electron chi connectivity index (χ2n) is 7.17. The number of nitrogens with zero attached hydrogens (tertiary/aromatic N) is 1. The van der Waals surface area contributed by atoms with Crippen LogP contribution in [0.3, 0.4) is 0 Å². The first-order valence-electron chi connectivity index (χ1n) is 9.67. The van der Waals surface area contributed by atoms with Crippen LogP contribution in [0.4, 0.5) is 0 Å². The number of rotatable bonds is 5. The van der Waals surface area contributed by atoms with Gasteiger partial charge in [0.15, 0.2) is 11.5 Å². The molecule has 0 saturated heterocycles. The molecule has 4 rings (SSSR count). The molecule has 2 heterocycles. The molecule has 2 aliphatic rings. The van der Waals surface area contributed by atoms with Gasteiger partial charge in [0.2, 0.25) is 5.91 Å². The molecule has 0 aliphatic carbocycles. The minimum atomic E-state index is -1.21. The minimum Gasteiger partial charge on any atom is -0.493 e. The number of methoxy groups -OCH3 is 2. The van der Waals surface area contributed by atoms with Crippen molar-refractivity contribution < 1.29 is 28.7 Å². The average molecular weight is 420 g/mol. The van der Waals surface area contributed by atoms with E-state index in [4.69, 9.17) is 9.47 Å². The van der Waals surface area contributed by atoms with Crippen molar-refractivity contribution >= 4 is 23.6 Å². The lowest BCUT2D eigenvalue weighted by atomic mass is 9.75. The number of benzene rings is 2. The third-order valence-electron chi connectivity index (χ3n) is 5.73. The van der Waals surface area contributed by atoms with E-state index < -0.39 is 29.0 Å². The van der Waals surface area contributed by atoms with E-state index in [0.29, 0.717) is 12.0 Å². The number of imide groups is 2. The molecule has 1 unspecified atom stereocenters. The number of hydrogen-bond acceptors (Lipinski definition) is 6. The maximum absolute atomic E-state index is 13.3. The quantitative estimate of drug-likeness (QED) is 0.744. The zero-order valence-electron chi connectivity index (χ0n) is 17.2. The second kappa shape index (κ2) is 7.39. The fourth-order valence-corrected chi connectivity index (χ4v) is 4.09. The van der Waals surface area contributed by atoms with E-state index in [0.717, 1.165) is 4.90 Å². The Morgan fingerprint density at radius 2 is 1.65 bits per heavy atom. The SMILES string of the molecule is CCC1(c2ccccc2)C=C(N2C(=O)c3ccc(OC)c(OC)c3C2=O)C(=O)NC1=O. The normalized spacial score (nSPS) is 20.4. The van der Waals surface area contributed by atoms with Gasteiger partial charge in [-0.2, -0.15) is 0 Å². The Kier molecular flexibility index (Phi) is 4.85. The monoisotopic (exact) mass is 420 g/mol. The highest BCUT2D eigenvalue weighted by Crippen LogP contribution is 2.41. The van der Waals surface area contributed by atoms with Crippen molar-refractivity contribution in [1.29, 1.82) is 0 Å². The summed E-state index contributed by atoms with van der Waals surface area (Å²) in [5.41, 5.74) is -0.649. The minimum absolute atomic E-state index is 0.0132. The largest absolute Gasteiger partial charge is 0.493 e. The fourth-order valence-electron chi connectivity index (χ4n) is 4.09. The first-order chi connectivity index (χ1) is 14.9. The molecule has 0 bridgehead atoms. The van der Waals surface area contributed by atoms with Crippen LogP contribution in [-0.4, -0.2) is 42.7 Å². The predicted octanol–water partition coefficient (Wildman–Crippen LogP) is 2.19. The molecule has 2 aromatic rings. The molecule has 0 saturated carbocycles. The van der Waals surface area contributed by atoms with E-state index in [1.165, 1.54) is 32.4 Å². The third kappa shape index (κ3) is 2.83. The van der Waals surface area contributed by atoms with Crippen LogP contribution in [0.5, 0.6) is 11.5 Å². The number of ether oxygens (including phenoxy) is 2. The van der Waals surface area contributed by atoms with Crippen molar-refractivity contribution in [2.45, 2.75) is 18.8 Å². The van der Waals surface area contributed by atoms with Crippen LogP contribution < -0.4 is 14.8 Å². The Labute approximate surface area is 178 Å². The van der Waals surface area contributed by atoms with Crippen LogP contribution in [0.1, 0.15) is 39.6 Å². The molecular weight excluding hydrogens is 400 g/mol. The second-order valence-corrected chi connectivity index (χ2v) is 7.17. The van der Waals surface area contributed by atoms with Crippen molar-refractivity contribution in [3.05, 3.63) is 70.9 Å². The molecule has 8 nitrogen and oxygen atoms in total. The van der Waals surface area contributed by atoms with Gasteiger partial charge in [-0.05, 0) is 30.2 Å². The van der Waals surface area contributed by atoms with Crippen LogP contribution in [-0.2, 0) is 15.0 Å². The van der Waals surface area contributed by atoms with Gasteiger partial charge in [0, 0.05) is 0 Å². The number of nitrogens with one attached hydrogen (secondary N) is 1. The van der Waals surface area contributed by atoms with Crippen molar-refractivity contribution in [3.8, 4) is 11.5 Å². The molecule has 0 aromatic heterocycles. The van der Waals surface area contributed by atoms with Crippen LogP contribution in [0.2, 0.25) is 0 Å². The number of amides is 4. The molecule has 158 valence electrons. The first kappa shape index (κ1) is 20.3. The van der Waals surface area contributed by atoms with E-state index in [1.54, 1.807) is 31.2 Å². The van der Waals surface area contributed by atoms with Gasteiger partial charge < -0.3 is 9.47 Å². The van der Waals surface area contributed by atoms with E-state index in [-0.39, 0.29) is 28.3 Å². The van der Waals surface area contributed by atoms with Gasteiger partial charge in [-0.25, -0.2) is 4.90 Å². The van der Waals surface area contributed by atoms with Gasteiger partial charge in [0.1, 0.15) is 5.70 Å². The van der Waals surface area contributed by atoms with Crippen molar-refractivity contribution in [2.24, 2.45) is 0 Å².